The molecule has 2 N–H and O–H groups in total. The third kappa shape index (κ3) is 2.95. The largest absolute Gasteiger partial charge is 0.480 e. The average Bonchev–Trinajstić information content (AvgIpc) is 2.35. The lowest BCUT2D eigenvalue weighted by molar-refractivity contribution is -0.142. The fourth-order valence-electron chi connectivity index (χ4n) is 2.43. The third-order valence-corrected chi connectivity index (χ3v) is 3.63. The monoisotopic (exact) mass is 261 g/mol. The predicted molar refractivity (Wildman–Crippen MR) is 72.0 cm³/mol. The first kappa shape index (κ1) is 13.6. The molecule has 0 heterocycles. The van der Waals surface area contributed by atoms with Gasteiger partial charge in [0.2, 0.25) is 5.91 Å². The number of benzene rings is 1. The summed E-state index contributed by atoms with van der Waals surface area (Å²) in [6, 6.07) is 7.04. The van der Waals surface area contributed by atoms with Crippen LogP contribution in [0.15, 0.2) is 24.3 Å². The maximum absolute atomic E-state index is 12.1. The van der Waals surface area contributed by atoms with Crippen molar-refractivity contribution in [2.45, 2.75) is 44.6 Å². The smallest absolute Gasteiger partial charge is 0.326 e. The van der Waals surface area contributed by atoms with Crippen LogP contribution in [0.1, 0.15) is 43.2 Å². The van der Waals surface area contributed by atoms with Crippen LogP contribution in [0.5, 0.6) is 0 Å². The summed E-state index contributed by atoms with van der Waals surface area (Å²) in [4.78, 5) is 23.2. The molecule has 4 nitrogen and oxygen atoms in total. The first-order chi connectivity index (χ1) is 9.13. The number of hydrogen-bond acceptors (Lipinski definition) is 2. The molecule has 1 aromatic carbocycles. The van der Waals surface area contributed by atoms with Crippen LogP contribution in [0.4, 0.5) is 0 Å². The van der Waals surface area contributed by atoms with Gasteiger partial charge in [-0.25, -0.2) is 4.79 Å². The number of carbonyl (C=O) groups is 2. The Balaban J connectivity index is 1.96. The van der Waals surface area contributed by atoms with E-state index in [-0.39, 0.29) is 11.8 Å². The van der Waals surface area contributed by atoms with Crippen LogP contribution in [0.2, 0.25) is 0 Å². The van der Waals surface area contributed by atoms with Crippen molar-refractivity contribution in [3.05, 3.63) is 35.4 Å². The van der Waals surface area contributed by atoms with Gasteiger partial charge >= 0.3 is 5.97 Å². The standard InChI is InChI=1S/C15H19NO3/c1-2-3-8-13(15(18)19)16-14(17)12-9-10-6-4-5-7-11(10)12/h4-7,12-13H,2-3,8-9H2,1H3,(H,16,17)(H,18,19)/t12?,13-/m0/s1. The minimum Gasteiger partial charge on any atom is -0.480 e. The van der Waals surface area contributed by atoms with Gasteiger partial charge in [0, 0.05) is 0 Å². The van der Waals surface area contributed by atoms with Crippen molar-refractivity contribution in [3.63, 3.8) is 0 Å². The summed E-state index contributed by atoms with van der Waals surface area (Å²) < 4.78 is 0. The molecule has 1 aliphatic carbocycles. The SMILES string of the molecule is CCCC[C@H](NC(=O)C1Cc2ccccc21)C(=O)O. The van der Waals surface area contributed by atoms with E-state index in [1.807, 2.05) is 31.2 Å². The van der Waals surface area contributed by atoms with Crippen molar-refractivity contribution >= 4 is 11.9 Å². The predicted octanol–water partition coefficient (Wildman–Crippen LogP) is 2.09. The minimum atomic E-state index is -0.950. The number of amides is 1. The van der Waals surface area contributed by atoms with Crippen molar-refractivity contribution in [1.29, 1.82) is 0 Å². The van der Waals surface area contributed by atoms with Crippen LogP contribution < -0.4 is 5.32 Å². The van der Waals surface area contributed by atoms with Gasteiger partial charge in [-0.15, -0.1) is 0 Å². The minimum absolute atomic E-state index is 0.165. The highest BCUT2D eigenvalue weighted by molar-refractivity contribution is 5.90. The van der Waals surface area contributed by atoms with E-state index >= 15 is 0 Å². The van der Waals surface area contributed by atoms with E-state index in [2.05, 4.69) is 5.32 Å². The zero-order chi connectivity index (χ0) is 13.8. The molecule has 0 aliphatic heterocycles. The molecule has 19 heavy (non-hydrogen) atoms. The molecular weight excluding hydrogens is 242 g/mol. The summed E-state index contributed by atoms with van der Waals surface area (Å²) in [5, 5.41) is 11.8. The summed E-state index contributed by atoms with van der Waals surface area (Å²) in [5.74, 6) is -1.30. The third-order valence-electron chi connectivity index (χ3n) is 3.63. The molecule has 0 aromatic heterocycles. The topological polar surface area (TPSA) is 66.4 Å². The first-order valence-electron chi connectivity index (χ1n) is 6.74. The van der Waals surface area contributed by atoms with Crippen LogP contribution >= 0.6 is 0 Å². The Morgan fingerprint density at radius 1 is 1.42 bits per heavy atom. The molecule has 1 unspecified atom stereocenters. The van der Waals surface area contributed by atoms with E-state index in [1.54, 1.807) is 0 Å². The van der Waals surface area contributed by atoms with Crippen molar-refractivity contribution in [2.24, 2.45) is 0 Å². The van der Waals surface area contributed by atoms with Crippen molar-refractivity contribution in [3.8, 4) is 0 Å². The highest BCUT2D eigenvalue weighted by atomic mass is 16.4. The number of carboxylic acids is 1. The number of aliphatic carboxylic acids is 1. The Labute approximate surface area is 112 Å². The van der Waals surface area contributed by atoms with Gasteiger partial charge < -0.3 is 10.4 Å². The van der Waals surface area contributed by atoms with Gasteiger partial charge in [0.25, 0.3) is 0 Å². The van der Waals surface area contributed by atoms with E-state index < -0.39 is 12.0 Å². The fourth-order valence-corrected chi connectivity index (χ4v) is 2.43. The Morgan fingerprint density at radius 3 is 2.79 bits per heavy atom. The van der Waals surface area contributed by atoms with Gasteiger partial charge in [-0.2, -0.15) is 0 Å². The number of nitrogens with one attached hydrogen (secondary N) is 1. The van der Waals surface area contributed by atoms with Gasteiger partial charge in [0.15, 0.2) is 0 Å². The number of rotatable bonds is 6. The van der Waals surface area contributed by atoms with E-state index in [0.717, 1.165) is 18.4 Å². The molecule has 1 aromatic rings. The zero-order valence-corrected chi connectivity index (χ0v) is 11.1. The number of unbranched alkanes of at least 4 members (excludes halogenated alkanes) is 1. The second kappa shape index (κ2) is 5.87. The van der Waals surface area contributed by atoms with Crippen LogP contribution in [0.3, 0.4) is 0 Å². The number of carboxylic acid groups (broad SMARTS) is 1. The van der Waals surface area contributed by atoms with E-state index in [0.29, 0.717) is 12.8 Å². The normalized spacial score (nSPS) is 18.1. The summed E-state index contributed by atoms with van der Waals surface area (Å²) >= 11 is 0. The molecule has 1 amide bonds. The highest BCUT2D eigenvalue weighted by Gasteiger charge is 2.33. The lowest BCUT2D eigenvalue weighted by atomic mass is 9.77. The van der Waals surface area contributed by atoms with Crippen molar-refractivity contribution in [1.82, 2.24) is 5.32 Å². The number of hydrogen-bond donors (Lipinski definition) is 2. The molecule has 102 valence electrons. The molecule has 2 rings (SSSR count). The lowest BCUT2D eigenvalue weighted by Gasteiger charge is -2.30. The lowest BCUT2D eigenvalue weighted by Crippen LogP contribution is -2.45. The molecule has 2 atom stereocenters. The maximum Gasteiger partial charge on any atom is 0.326 e. The van der Waals surface area contributed by atoms with Gasteiger partial charge in [0.1, 0.15) is 6.04 Å². The summed E-state index contributed by atoms with van der Waals surface area (Å²) in [5.41, 5.74) is 2.21. The van der Waals surface area contributed by atoms with Gasteiger partial charge in [-0.1, -0.05) is 44.0 Å². The molecular formula is C15H19NO3. The summed E-state index contributed by atoms with van der Waals surface area (Å²) in [6.45, 7) is 2.00. The van der Waals surface area contributed by atoms with Gasteiger partial charge in [-0.05, 0) is 24.0 Å². The molecule has 0 saturated carbocycles. The molecule has 0 saturated heterocycles. The van der Waals surface area contributed by atoms with Crippen molar-refractivity contribution in [2.75, 3.05) is 0 Å². The molecule has 4 heteroatoms. The second-order valence-corrected chi connectivity index (χ2v) is 5.00. The number of fused-ring (bicyclic) bond motifs is 1. The quantitative estimate of drug-likeness (QED) is 0.824. The maximum atomic E-state index is 12.1. The summed E-state index contributed by atoms with van der Waals surface area (Å²) in [7, 11) is 0. The fraction of sp³-hybridized carbons (Fsp3) is 0.467. The van der Waals surface area contributed by atoms with Crippen LogP contribution in [-0.4, -0.2) is 23.0 Å². The van der Waals surface area contributed by atoms with Crippen LogP contribution in [0, 0.1) is 0 Å². The van der Waals surface area contributed by atoms with Crippen molar-refractivity contribution < 1.29 is 14.7 Å². The molecule has 0 fully saturated rings. The Kier molecular flexibility index (Phi) is 4.20. The molecule has 0 radical (unpaired) electrons. The van der Waals surface area contributed by atoms with Crippen LogP contribution in [-0.2, 0) is 16.0 Å². The first-order valence-corrected chi connectivity index (χ1v) is 6.74. The Bertz CT molecular complexity index is 484. The summed E-state index contributed by atoms with van der Waals surface area (Å²) in [6.07, 6.45) is 2.93. The average molecular weight is 261 g/mol. The second-order valence-electron chi connectivity index (χ2n) is 5.00. The zero-order valence-electron chi connectivity index (χ0n) is 11.1. The van der Waals surface area contributed by atoms with E-state index in [9.17, 15) is 9.59 Å². The molecule has 1 aliphatic rings. The van der Waals surface area contributed by atoms with E-state index in [4.69, 9.17) is 5.11 Å². The molecule has 0 spiro atoms. The van der Waals surface area contributed by atoms with E-state index in [1.165, 1.54) is 5.56 Å². The van der Waals surface area contributed by atoms with Gasteiger partial charge in [-0.3, -0.25) is 4.79 Å². The van der Waals surface area contributed by atoms with Gasteiger partial charge in [0.05, 0.1) is 5.92 Å². The highest BCUT2D eigenvalue weighted by Crippen LogP contribution is 2.34. The Hall–Kier alpha value is -1.84. The molecule has 0 bridgehead atoms. The number of carbonyl (C=O) groups excluding carboxylic acids is 1. The Morgan fingerprint density at radius 2 is 2.16 bits per heavy atom. The van der Waals surface area contributed by atoms with Crippen LogP contribution in [0.25, 0.3) is 0 Å².